The first kappa shape index (κ1) is 16.4. The van der Waals surface area contributed by atoms with Crippen molar-refractivity contribution in [3.63, 3.8) is 0 Å². The zero-order valence-electron chi connectivity index (χ0n) is 13.3. The van der Waals surface area contributed by atoms with Gasteiger partial charge in [0.15, 0.2) is 0 Å². The van der Waals surface area contributed by atoms with Gasteiger partial charge in [-0.25, -0.2) is 9.78 Å². The van der Waals surface area contributed by atoms with E-state index in [0.717, 1.165) is 16.6 Å². The van der Waals surface area contributed by atoms with Gasteiger partial charge in [-0.2, -0.15) is 0 Å². The number of hydrogen-bond acceptors (Lipinski definition) is 3. The zero-order valence-corrected chi connectivity index (χ0v) is 13.3. The average Bonchev–Trinajstić information content (AvgIpc) is 3.02. The summed E-state index contributed by atoms with van der Waals surface area (Å²) in [6, 6.07) is 15.7. The van der Waals surface area contributed by atoms with Crippen LogP contribution in [0.3, 0.4) is 0 Å². The van der Waals surface area contributed by atoms with Crippen LogP contribution in [0.2, 0.25) is 0 Å². The normalized spacial score (nSPS) is 12.3. The van der Waals surface area contributed by atoms with Gasteiger partial charge in [0.2, 0.25) is 5.91 Å². The van der Waals surface area contributed by atoms with Gasteiger partial charge in [0, 0.05) is 12.5 Å². The van der Waals surface area contributed by atoms with E-state index in [1.54, 1.807) is 6.08 Å². The molecule has 1 aromatic heterocycles. The summed E-state index contributed by atoms with van der Waals surface area (Å²) in [5.74, 6) is -1.06. The van der Waals surface area contributed by atoms with Crippen LogP contribution in [-0.2, 0) is 16.0 Å². The van der Waals surface area contributed by atoms with Crippen LogP contribution in [0.15, 0.2) is 60.7 Å². The number of benzene rings is 2. The number of carbonyl (C=O) groups excluding carboxylic acids is 1. The summed E-state index contributed by atoms with van der Waals surface area (Å²) < 4.78 is 0. The molecule has 2 aromatic carbocycles. The van der Waals surface area contributed by atoms with Gasteiger partial charge in [-0.3, -0.25) is 4.79 Å². The van der Waals surface area contributed by atoms with Crippen molar-refractivity contribution >= 4 is 29.0 Å². The monoisotopic (exact) mass is 335 g/mol. The largest absolute Gasteiger partial charge is 0.480 e. The summed E-state index contributed by atoms with van der Waals surface area (Å²) in [6.07, 6.45) is 3.04. The van der Waals surface area contributed by atoms with Crippen molar-refractivity contribution in [3.05, 3.63) is 72.1 Å². The molecule has 126 valence electrons. The molecule has 0 saturated carbocycles. The number of amides is 1. The van der Waals surface area contributed by atoms with E-state index in [4.69, 9.17) is 0 Å². The molecule has 0 aliphatic heterocycles. The van der Waals surface area contributed by atoms with Gasteiger partial charge in [0.05, 0.1) is 11.0 Å². The predicted octanol–water partition coefficient (Wildman–Crippen LogP) is 2.39. The van der Waals surface area contributed by atoms with Gasteiger partial charge in [-0.15, -0.1) is 0 Å². The Labute approximate surface area is 144 Å². The van der Waals surface area contributed by atoms with Crippen molar-refractivity contribution < 1.29 is 14.7 Å². The fourth-order valence-electron chi connectivity index (χ4n) is 2.45. The number of carboxylic acids is 1. The number of para-hydroxylation sites is 2. The van der Waals surface area contributed by atoms with Gasteiger partial charge in [0.1, 0.15) is 11.9 Å². The highest BCUT2D eigenvalue weighted by atomic mass is 16.4. The van der Waals surface area contributed by atoms with E-state index in [-0.39, 0.29) is 6.42 Å². The molecule has 6 heteroatoms. The minimum Gasteiger partial charge on any atom is -0.480 e. The highest BCUT2D eigenvalue weighted by Crippen LogP contribution is 2.11. The van der Waals surface area contributed by atoms with E-state index in [2.05, 4.69) is 15.3 Å². The number of hydrogen-bond donors (Lipinski definition) is 3. The zero-order chi connectivity index (χ0) is 17.6. The van der Waals surface area contributed by atoms with Crippen molar-refractivity contribution in [2.75, 3.05) is 0 Å². The summed E-state index contributed by atoms with van der Waals surface area (Å²) in [5.41, 5.74) is 2.45. The van der Waals surface area contributed by atoms with Gasteiger partial charge in [0.25, 0.3) is 0 Å². The second-order valence-electron chi connectivity index (χ2n) is 5.55. The third kappa shape index (κ3) is 4.32. The standard InChI is InChI=1S/C19H17N3O3/c23-18(11-10-13-6-2-1-3-7-13)22-16(19(24)25)12-17-20-14-8-4-5-9-15(14)21-17/h1-11,16H,12H2,(H,20,21)(H,22,23)(H,24,25)/b11-10+/t16-/m0/s1. The lowest BCUT2D eigenvalue weighted by molar-refractivity contribution is -0.141. The number of aromatic nitrogens is 2. The van der Waals surface area contributed by atoms with Gasteiger partial charge in [-0.1, -0.05) is 42.5 Å². The van der Waals surface area contributed by atoms with Crippen LogP contribution in [0.25, 0.3) is 17.1 Å². The maximum atomic E-state index is 12.0. The Bertz CT molecular complexity index is 883. The Hall–Kier alpha value is -3.41. The highest BCUT2D eigenvalue weighted by molar-refractivity contribution is 5.94. The first-order chi connectivity index (χ1) is 12.1. The molecule has 0 radical (unpaired) electrons. The minimum atomic E-state index is -1.11. The average molecular weight is 335 g/mol. The quantitative estimate of drug-likeness (QED) is 0.603. The van der Waals surface area contributed by atoms with Gasteiger partial charge < -0.3 is 15.4 Å². The Kier molecular flexibility index (Phi) is 4.89. The molecule has 1 heterocycles. The molecule has 0 aliphatic carbocycles. The number of nitrogens with one attached hydrogen (secondary N) is 2. The molecule has 0 fully saturated rings. The fraction of sp³-hybridized carbons (Fsp3) is 0.105. The molecule has 0 bridgehead atoms. The number of aliphatic carboxylic acids is 1. The first-order valence-corrected chi connectivity index (χ1v) is 7.82. The van der Waals surface area contributed by atoms with Crippen molar-refractivity contribution in [2.45, 2.75) is 12.5 Å². The van der Waals surface area contributed by atoms with Crippen LogP contribution in [0, 0.1) is 0 Å². The number of carbonyl (C=O) groups is 2. The lowest BCUT2D eigenvalue weighted by Gasteiger charge is -2.11. The van der Waals surface area contributed by atoms with Crippen LogP contribution in [0.1, 0.15) is 11.4 Å². The lowest BCUT2D eigenvalue weighted by atomic mass is 10.2. The Balaban J connectivity index is 1.67. The molecular formula is C19H17N3O3. The molecule has 6 nitrogen and oxygen atoms in total. The minimum absolute atomic E-state index is 0.0783. The molecular weight excluding hydrogens is 318 g/mol. The molecule has 1 amide bonds. The van der Waals surface area contributed by atoms with E-state index in [0.29, 0.717) is 5.82 Å². The number of nitrogens with zero attached hydrogens (tertiary/aromatic N) is 1. The van der Waals surface area contributed by atoms with E-state index in [1.807, 2.05) is 54.6 Å². The first-order valence-electron chi connectivity index (χ1n) is 7.82. The van der Waals surface area contributed by atoms with E-state index < -0.39 is 17.9 Å². The van der Waals surface area contributed by atoms with Gasteiger partial charge >= 0.3 is 5.97 Å². The second kappa shape index (κ2) is 7.44. The fourth-order valence-corrected chi connectivity index (χ4v) is 2.45. The predicted molar refractivity (Wildman–Crippen MR) is 94.8 cm³/mol. The molecule has 3 N–H and O–H groups in total. The number of fused-ring (bicyclic) bond motifs is 1. The summed E-state index contributed by atoms with van der Waals surface area (Å²) in [7, 11) is 0. The topological polar surface area (TPSA) is 95.1 Å². The molecule has 0 saturated heterocycles. The summed E-state index contributed by atoms with van der Waals surface area (Å²) >= 11 is 0. The smallest absolute Gasteiger partial charge is 0.326 e. The van der Waals surface area contributed by atoms with Crippen molar-refractivity contribution in [2.24, 2.45) is 0 Å². The third-order valence-electron chi connectivity index (χ3n) is 3.68. The maximum Gasteiger partial charge on any atom is 0.326 e. The SMILES string of the molecule is O=C(/C=C/c1ccccc1)N[C@@H](Cc1nc2ccccc2[nH]1)C(=O)O. The number of imidazole rings is 1. The second-order valence-corrected chi connectivity index (χ2v) is 5.55. The summed E-state index contributed by atoms with van der Waals surface area (Å²) in [4.78, 5) is 30.9. The number of aromatic amines is 1. The molecule has 25 heavy (non-hydrogen) atoms. The van der Waals surface area contributed by atoms with Crippen molar-refractivity contribution in [1.29, 1.82) is 0 Å². The number of carboxylic acid groups (broad SMARTS) is 1. The number of rotatable bonds is 6. The molecule has 3 rings (SSSR count). The van der Waals surface area contributed by atoms with Gasteiger partial charge in [-0.05, 0) is 23.8 Å². The molecule has 3 aromatic rings. The Morgan fingerprint density at radius 3 is 2.56 bits per heavy atom. The molecule has 0 unspecified atom stereocenters. The maximum absolute atomic E-state index is 12.0. The third-order valence-corrected chi connectivity index (χ3v) is 3.68. The molecule has 1 atom stereocenters. The highest BCUT2D eigenvalue weighted by Gasteiger charge is 2.21. The lowest BCUT2D eigenvalue weighted by Crippen LogP contribution is -2.41. The van der Waals surface area contributed by atoms with Crippen LogP contribution in [-0.4, -0.2) is 33.0 Å². The summed E-state index contributed by atoms with van der Waals surface area (Å²) in [5, 5.41) is 11.9. The Morgan fingerprint density at radius 1 is 1.12 bits per heavy atom. The van der Waals surface area contributed by atoms with Crippen LogP contribution < -0.4 is 5.32 Å². The van der Waals surface area contributed by atoms with E-state index in [9.17, 15) is 14.7 Å². The summed E-state index contributed by atoms with van der Waals surface area (Å²) in [6.45, 7) is 0. The molecule has 0 spiro atoms. The Morgan fingerprint density at radius 2 is 1.84 bits per heavy atom. The van der Waals surface area contributed by atoms with Crippen LogP contribution in [0.4, 0.5) is 0 Å². The van der Waals surface area contributed by atoms with E-state index in [1.165, 1.54) is 6.08 Å². The molecule has 0 aliphatic rings. The van der Waals surface area contributed by atoms with Crippen LogP contribution in [0.5, 0.6) is 0 Å². The van der Waals surface area contributed by atoms with E-state index >= 15 is 0 Å². The van der Waals surface area contributed by atoms with Crippen LogP contribution >= 0.6 is 0 Å². The van der Waals surface area contributed by atoms with Crippen molar-refractivity contribution in [1.82, 2.24) is 15.3 Å². The van der Waals surface area contributed by atoms with Crippen molar-refractivity contribution in [3.8, 4) is 0 Å². The number of H-pyrrole nitrogens is 1.